The van der Waals surface area contributed by atoms with Gasteiger partial charge in [-0.1, -0.05) is 18.2 Å². The second-order valence-electron chi connectivity index (χ2n) is 4.76. The number of nitrogens with two attached hydrogens (primary N) is 1. The van der Waals surface area contributed by atoms with E-state index in [-0.39, 0.29) is 0 Å². The van der Waals surface area contributed by atoms with E-state index in [0.717, 1.165) is 11.3 Å². The zero-order chi connectivity index (χ0) is 13.6. The Labute approximate surface area is 111 Å². The van der Waals surface area contributed by atoms with Crippen molar-refractivity contribution in [2.24, 2.45) is 7.05 Å². The molecule has 3 aromatic rings. The summed E-state index contributed by atoms with van der Waals surface area (Å²) in [6.07, 6.45) is 0. The molecule has 0 unspecified atom stereocenters. The third-order valence-corrected chi connectivity index (χ3v) is 3.51. The number of fused-ring (bicyclic) bond motifs is 1. The minimum absolute atomic E-state index is 0.509. The van der Waals surface area contributed by atoms with Crippen molar-refractivity contribution in [3.05, 3.63) is 41.9 Å². The Hall–Kier alpha value is -2.36. The number of aromatic nitrogens is 3. The van der Waals surface area contributed by atoms with Crippen LogP contribution in [0.1, 0.15) is 11.5 Å². The van der Waals surface area contributed by atoms with Gasteiger partial charge in [-0.15, -0.1) is 0 Å². The first kappa shape index (κ1) is 11.7. The highest BCUT2D eigenvalue weighted by Crippen LogP contribution is 2.33. The molecule has 1 aromatic carbocycles. The summed E-state index contributed by atoms with van der Waals surface area (Å²) in [5, 5.41) is 1.19. The largest absolute Gasteiger partial charge is 0.384 e. The number of aryl methyl sites for hydroxylation is 2. The third-order valence-electron chi connectivity index (χ3n) is 3.51. The molecule has 2 heterocycles. The van der Waals surface area contributed by atoms with Crippen molar-refractivity contribution < 1.29 is 0 Å². The van der Waals surface area contributed by atoms with E-state index in [1.165, 1.54) is 16.6 Å². The lowest BCUT2D eigenvalue weighted by Gasteiger charge is -2.04. The summed E-state index contributed by atoms with van der Waals surface area (Å²) in [4.78, 5) is 8.66. The molecule has 0 bridgehead atoms. The second-order valence-corrected chi connectivity index (χ2v) is 4.76. The quantitative estimate of drug-likeness (QED) is 0.724. The molecule has 0 fully saturated rings. The molecule has 3 rings (SSSR count). The van der Waals surface area contributed by atoms with Gasteiger partial charge in [0.1, 0.15) is 11.6 Å². The standard InChI is InChI=1S/C15H16N4/c1-9-15(12-8-14(16)18-10(2)17-12)11-6-4-5-7-13(11)19(9)3/h4-8H,1-3H3,(H2,16,17,18). The van der Waals surface area contributed by atoms with E-state index in [9.17, 15) is 0 Å². The molecule has 4 nitrogen and oxygen atoms in total. The monoisotopic (exact) mass is 252 g/mol. The summed E-state index contributed by atoms with van der Waals surface area (Å²) in [6.45, 7) is 3.96. The Morgan fingerprint density at radius 3 is 2.58 bits per heavy atom. The third kappa shape index (κ3) is 1.76. The van der Waals surface area contributed by atoms with E-state index in [4.69, 9.17) is 5.73 Å². The van der Waals surface area contributed by atoms with Crippen LogP contribution in [-0.2, 0) is 7.05 Å². The number of rotatable bonds is 1. The van der Waals surface area contributed by atoms with Gasteiger partial charge in [-0.3, -0.25) is 0 Å². The van der Waals surface area contributed by atoms with Gasteiger partial charge in [0, 0.05) is 35.3 Å². The minimum Gasteiger partial charge on any atom is -0.384 e. The average Bonchev–Trinajstić information content (AvgIpc) is 2.61. The Morgan fingerprint density at radius 1 is 1.11 bits per heavy atom. The molecule has 0 saturated carbocycles. The fraction of sp³-hybridized carbons (Fsp3) is 0.200. The summed E-state index contributed by atoms with van der Waals surface area (Å²) < 4.78 is 2.18. The first-order valence-corrected chi connectivity index (χ1v) is 6.23. The fourth-order valence-corrected chi connectivity index (χ4v) is 2.56. The lowest BCUT2D eigenvalue weighted by molar-refractivity contribution is 0.918. The van der Waals surface area contributed by atoms with Crippen molar-refractivity contribution in [1.29, 1.82) is 0 Å². The van der Waals surface area contributed by atoms with Gasteiger partial charge in [0.25, 0.3) is 0 Å². The Kier molecular flexibility index (Phi) is 2.52. The van der Waals surface area contributed by atoms with E-state index in [2.05, 4.69) is 40.6 Å². The van der Waals surface area contributed by atoms with Crippen LogP contribution in [0, 0.1) is 13.8 Å². The molecule has 0 amide bonds. The minimum atomic E-state index is 0.509. The van der Waals surface area contributed by atoms with Crippen molar-refractivity contribution in [2.45, 2.75) is 13.8 Å². The molecule has 19 heavy (non-hydrogen) atoms. The maximum absolute atomic E-state index is 5.84. The van der Waals surface area contributed by atoms with E-state index in [1.54, 1.807) is 0 Å². The lowest BCUT2D eigenvalue weighted by Crippen LogP contribution is -1.98. The Bertz CT molecular complexity index is 751. The van der Waals surface area contributed by atoms with Crippen LogP contribution in [0.2, 0.25) is 0 Å². The number of hydrogen-bond donors (Lipinski definition) is 1. The molecule has 0 aliphatic rings. The number of para-hydroxylation sites is 1. The summed E-state index contributed by atoms with van der Waals surface area (Å²) in [5.74, 6) is 1.21. The van der Waals surface area contributed by atoms with Crippen LogP contribution < -0.4 is 5.73 Å². The van der Waals surface area contributed by atoms with Crippen LogP contribution in [-0.4, -0.2) is 14.5 Å². The van der Waals surface area contributed by atoms with E-state index in [1.807, 2.05) is 25.1 Å². The summed E-state index contributed by atoms with van der Waals surface area (Å²) in [6, 6.07) is 10.2. The molecule has 0 aliphatic heterocycles. The van der Waals surface area contributed by atoms with Gasteiger partial charge in [-0.25, -0.2) is 9.97 Å². The van der Waals surface area contributed by atoms with E-state index >= 15 is 0 Å². The molecule has 0 saturated heterocycles. The zero-order valence-electron chi connectivity index (χ0n) is 11.3. The van der Waals surface area contributed by atoms with Crippen molar-refractivity contribution >= 4 is 16.7 Å². The number of hydrogen-bond acceptors (Lipinski definition) is 3. The lowest BCUT2D eigenvalue weighted by atomic mass is 10.1. The number of benzene rings is 1. The number of anilines is 1. The SMILES string of the molecule is Cc1nc(N)cc(-c2c(C)n(C)c3ccccc23)n1. The predicted molar refractivity (Wildman–Crippen MR) is 77.8 cm³/mol. The molecular formula is C15H16N4. The highest BCUT2D eigenvalue weighted by atomic mass is 15.0. The fourth-order valence-electron chi connectivity index (χ4n) is 2.56. The van der Waals surface area contributed by atoms with Crippen LogP contribution in [0.3, 0.4) is 0 Å². The topological polar surface area (TPSA) is 56.7 Å². The molecular weight excluding hydrogens is 236 g/mol. The second kappa shape index (κ2) is 4.09. The molecule has 2 aromatic heterocycles. The maximum atomic E-state index is 5.84. The first-order valence-electron chi connectivity index (χ1n) is 6.23. The van der Waals surface area contributed by atoms with Crippen molar-refractivity contribution in [2.75, 3.05) is 5.73 Å². The van der Waals surface area contributed by atoms with E-state index in [0.29, 0.717) is 11.6 Å². The smallest absolute Gasteiger partial charge is 0.128 e. The highest BCUT2D eigenvalue weighted by Gasteiger charge is 2.15. The Balaban J connectivity index is 2.39. The highest BCUT2D eigenvalue weighted by molar-refractivity contribution is 5.97. The zero-order valence-corrected chi connectivity index (χ0v) is 11.3. The van der Waals surface area contributed by atoms with Crippen molar-refractivity contribution in [3.8, 4) is 11.3 Å². The molecule has 96 valence electrons. The average molecular weight is 252 g/mol. The van der Waals surface area contributed by atoms with Gasteiger partial charge in [0.15, 0.2) is 0 Å². The molecule has 2 N–H and O–H groups in total. The van der Waals surface area contributed by atoms with Crippen molar-refractivity contribution in [3.63, 3.8) is 0 Å². The molecule has 0 spiro atoms. The normalized spacial score (nSPS) is 11.1. The van der Waals surface area contributed by atoms with Gasteiger partial charge in [0.2, 0.25) is 0 Å². The van der Waals surface area contributed by atoms with Crippen LogP contribution in [0.25, 0.3) is 22.2 Å². The molecule has 0 aliphatic carbocycles. The van der Waals surface area contributed by atoms with Gasteiger partial charge in [-0.2, -0.15) is 0 Å². The van der Waals surface area contributed by atoms with Crippen LogP contribution in [0.15, 0.2) is 30.3 Å². The van der Waals surface area contributed by atoms with Crippen LogP contribution in [0.5, 0.6) is 0 Å². The van der Waals surface area contributed by atoms with Gasteiger partial charge in [-0.05, 0) is 19.9 Å². The summed E-state index contributed by atoms with van der Waals surface area (Å²) >= 11 is 0. The number of nitrogen functional groups attached to an aromatic ring is 1. The molecule has 0 atom stereocenters. The Morgan fingerprint density at radius 2 is 1.84 bits per heavy atom. The van der Waals surface area contributed by atoms with Gasteiger partial charge < -0.3 is 10.3 Å². The van der Waals surface area contributed by atoms with Crippen molar-refractivity contribution in [1.82, 2.24) is 14.5 Å². The maximum Gasteiger partial charge on any atom is 0.128 e. The van der Waals surface area contributed by atoms with Crippen LogP contribution >= 0.6 is 0 Å². The summed E-state index contributed by atoms with van der Waals surface area (Å²) in [5.41, 5.74) is 10.2. The number of nitrogens with zero attached hydrogens (tertiary/aromatic N) is 3. The predicted octanol–water partition coefficient (Wildman–Crippen LogP) is 2.83. The van der Waals surface area contributed by atoms with Gasteiger partial charge >= 0.3 is 0 Å². The van der Waals surface area contributed by atoms with Crippen LogP contribution in [0.4, 0.5) is 5.82 Å². The molecule has 4 heteroatoms. The molecule has 0 radical (unpaired) electrons. The van der Waals surface area contributed by atoms with Gasteiger partial charge in [0.05, 0.1) is 5.69 Å². The van der Waals surface area contributed by atoms with E-state index < -0.39 is 0 Å². The first-order chi connectivity index (χ1) is 9.08. The summed E-state index contributed by atoms with van der Waals surface area (Å²) in [7, 11) is 2.07.